The molecular formula is C26H23BrClN3O3. The summed E-state index contributed by atoms with van der Waals surface area (Å²) in [7, 11) is 1.55. The molecule has 0 fully saturated rings. The minimum atomic E-state index is -0.272. The van der Waals surface area contributed by atoms with Gasteiger partial charge in [-0.2, -0.15) is 9.78 Å². The Kier molecular flexibility index (Phi) is 7.34. The van der Waals surface area contributed by atoms with Crippen molar-refractivity contribution in [3.8, 4) is 22.9 Å². The Labute approximate surface area is 210 Å². The lowest BCUT2D eigenvalue weighted by atomic mass is 10.2. The van der Waals surface area contributed by atoms with Crippen LogP contribution in [0.2, 0.25) is 5.02 Å². The summed E-state index contributed by atoms with van der Waals surface area (Å²) in [5.74, 6) is 1.37. The van der Waals surface area contributed by atoms with E-state index in [1.807, 2.05) is 56.3 Å². The Bertz CT molecular complexity index is 1420. The Morgan fingerprint density at radius 1 is 1.18 bits per heavy atom. The fourth-order valence-corrected chi connectivity index (χ4v) is 4.01. The number of aromatic nitrogens is 2. The van der Waals surface area contributed by atoms with Gasteiger partial charge in [0, 0.05) is 15.6 Å². The molecule has 4 aromatic rings. The van der Waals surface area contributed by atoms with Crippen LogP contribution in [0.5, 0.6) is 11.5 Å². The maximum Gasteiger partial charge on any atom is 0.282 e. The zero-order chi connectivity index (χ0) is 24.2. The van der Waals surface area contributed by atoms with Gasteiger partial charge in [0.1, 0.15) is 5.02 Å². The number of ether oxygens (including phenoxy) is 2. The van der Waals surface area contributed by atoms with Crippen LogP contribution in [-0.2, 0) is 0 Å². The van der Waals surface area contributed by atoms with Crippen LogP contribution in [0.15, 0.2) is 75.0 Å². The summed E-state index contributed by atoms with van der Waals surface area (Å²) in [4.78, 5) is 18.1. The van der Waals surface area contributed by atoms with Crippen LogP contribution < -0.4 is 15.0 Å². The molecular weight excluding hydrogens is 518 g/mol. The smallest absolute Gasteiger partial charge is 0.282 e. The van der Waals surface area contributed by atoms with Gasteiger partial charge in [0.25, 0.3) is 5.56 Å². The summed E-state index contributed by atoms with van der Waals surface area (Å²) in [6.07, 6.45) is 2.34. The summed E-state index contributed by atoms with van der Waals surface area (Å²) in [6.45, 7) is 3.99. The second-order valence-electron chi connectivity index (χ2n) is 7.64. The number of methoxy groups -OCH3 is 1. The Hall–Kier alpha value is -3.16. The fourth-order valence-electron chi connectivity index (χ4n) is 3.37. The molecule has 0 saturated carbocycles. The highest BCUT2D eigenvalue weighted by molar-refractivity contribution is 9.10. The van der Waals surface area contributed by atoms with Gasteiger partial charge in [-0.3, -0.25) is 4.79 Å². The number of nitrogens with zero attached hydrogens (tertiary/aromatic N) is 3. The van der Waals surface area contributed by atoms with Crippen LogP contribution in [-0.4, -0.2) is 29.1 Å². The molecule has 0 unspecified atom stereocenters. The molecule has 0 aliphatic rings. The van der Waals surface area contributed by atoms with E-state index >= 15 is 0 Å². The first-order valence-electron chi connectivity index (χ1n) is 10.8. The van der Waals surface area contributed by atoms with Crippen molar-refractivity contribution in [3.05, 3.63) is 86.1 Å². The van der Waals surface area contributed by atoms with Gasteiger partial charge in [0.05, 0.1) is 30.3 Å². The summed E-state index contributed by atoms with van der Waals surface area (Å²) in [5, 5.41) is 5.37. The Balaban J connectivity index is 1.87. The van der Waals surface area contributed by atoms with Crippen LogP contribution >= 0.6 is 27.5 Å². The van der Waals surface area contributed by atoms with E-state index in [9.17, 15) is 4.79 Å². The molecule has 3 aromatic carbocycles. The average molecular weight is 541 g/mol. The van der Waals surface area contributed by atoms with Gasteiger partial charge < -0.3 is 9.47 Å². The molecule has 34 heavy (non-hydrogen) atoms. The third-order valence-electron chi connectivity index (χ3n) is 5.37. The number of hydrogen-bond acceptors (Lipinski definition) is 5. The molecule has 4 rings (SSSR count). The summed E-state index contributed by atoms with van der Waals surface area (Å²) in [6, 6.07) is 18.4. The van der Waals surface area contributed by atoms with E-state index in [4.69, 9.17) is 26.1 Å². The monoisotopic (exact) mass is 539 g/mol. The van der Waals surface area contributed by atoms with Crippen molar-refractivity contribution < 1.29 is 9.47 Å². The number of halogens is 2. The minimum Gasteiger partial charge on any atom is -0.493 e. The van der Waals surface area contributed by atoms with E-state index in [1.165, 1.54) is 4.68 Å². The second-order valence-corrected chi connectivity index (χ2v) is 8.81. The van der Waals surface area contributed by atoms with E-state index in [0.717, 1.165) is 12.0 Å². The SMILES string of the molecule is CC[C@H](C)Oc1c(OC)cc(C=Nn2c(-c3ccccc3)nc3ccccc3c2=O)c(Br)c1Cl. The van der Waals surface area contributed by atoms with Gasteiger partial charge in [-0.05, 0) is 47.5 Å². The van der Waals surface area contributed by atoms with Gasteiger partial charge in [0.2, 0.25) is 0 Å². The van der Waals surface area contributed by atoms with Gasteiger partial charge >= 0.3 is 0 Å². The Morgan fingerprint density at radius 3 is 2.59 bits per heavy atom. The van der Waals surface area contributed by atoms with Gasteiger partial charge in [-0.15, -0.1) is 0 Å². The average Bonchev–Trinajstić information content (AvgIpc) is 2.87. The molecule has 0 bridgehead atoms. The third-order valence-corrected chi connectivity index (χ3v) is 6.81. The molecule has 0 radical (unpaired) electrons. The van der Waals surface area contributed by atoms with Gasteiger partial charge in [-0.1, -0.05) is 61.0 Å². The van der Waals surface area contributed by atoms with Crippen molar-refractivity contribution in [2.45, 2.75) is 26.4 Å². The molecule has 0 spiro atoms. The van der Waals surface area contributed by atoms with Crippen LogP contribution in [0.1, 0.15) is 25.8 Å². The Morgan fingerprint density at radius 2 is 1.88 bits per heavy atom. The van der Waals surface area contributed by atoms with Gasteiger partial charge in [-0.25, -0.2) is 4.98 Å². The van der Waals surface area contributed by atoms with E-state index in [-0.39, 0.29) is 11.7 Å². The highest BCUT2D eigenvalue weighted by Crippen LogP contribution is 2.42. The first-order chi connectivity index (χ1) is 16.4. The largest absolute Gasteiger partial charge is 0.493 e. The third kappa shape index (κ3) is 4.72. The minimum absolute atomic E-state index is 0.0338. The van der Waals surface area contributed by atoms with Crippen LogP contribution in [0.25, 0.3) is 22.3 Å². The molecule has 1 heterocycles. The molecule has 0 aliphatic heterocycles. The van der Waals surface area contributed by atoms with Crippen molar-refractivity contribution >= 4 is 44.6 Å². The quantitative estimate of drug-likeness (QED) is 0.249. The zero-order valence-corrected chi connectivity index (χ0v) is 21.3. The first-order valence-corrected chi connectivity index (χ1v) is 12.0. The van der Waals surface area contributed by atoms with E-state index in [0.29, 0.717) is 43.3 Å². The van der Waals surface area contributed by atoms with E-state index in [1.54, 1.807) is 31.5 Å². The maximum atomic E-state index is 13.4. The molecule has 0 N–H and O–H groups in total. The number of rotatable bonds is 7. The lowest BCUT2D eigenvalue weighted by Gasteiger charge is -2.18. The lowest BCUT2D eigenvalue weighted by molar-refractivity contribution is 0.207. The summed E-state index contributed by atoms with van der Waals surface area (Å²) < 4.78 is 13.4. The fraction of sp³-hybridized carbons (Fsp3) is 0.192. The number of fused-ring (bicyclic) bond motifs is 1. The number of hydrogen-bond donors (Lipinski definition) is 0. The molecule has 1 aromatic heterocycles. The molecule has 0 saturated heterocycles. The van der Waals surface area contributed by atoms with Crippen molar-refractivity contribution in [1.82, 2.24) is 9.66 Å². The summed E-state index contributed by atoms with van der Waals surface area (Å²) >= 11 is 10.1. The van der Waals surface area contributed by atoms with Gasteiger partial charge in [0.15, 0.2) is 17.3 Å². The number of benzene rings is 3. The van der Waals surface area contributed by atoms with Crippen molar-refractivity contribution in [2.24, 2.45) is 5.10 Å². The molecule has 1 atom stereocenters. The summed E-state index contributed by atoms with van der Waals surface area (Å²) in [5.41, 5.74) is 1.73. The highest BCUT2D eigenvalue weighted by atomic mass is 79.9. The van der Waals surface area contributed by atoms with Crippen molar-refractivity contribution in [2.75, 3.05) is 7.11 Å². The van der Waals surface area contributed by atoms with Crippen LogP contribution in [0.3, 0.4) is 0 Å². The number of para-hydroxylation sites is 1. The zero-order valence-electron chi connectivity index (χ0n) is 19.0. The van der Waals surface area contributed by atoms with E-state index < -0.39 is 0 Å². The van der Waals surface area contributed by atoms with Crippen molar-refractivity contribution in [1.29, 1.82) is 0 Å². The lowest BCUT2D eigenvalue weighted by Crippen LogP contribution is -2.20. The molecule has 0 aliphatic carbocycles. The molecule has 0 amide bonds. The highest BCUT2D eigenvalue weighted by Gasteiger charge is 2.19. The topological polar surface area (TPSA) is 65.7 Å². The standard InChI is InChI=1S/C26H23BrClN3O3/c1-4-16(2)34-24-21(33-3)14-18(22(27)23(24)28)15-29-31-25(17-10-6-5-7-11-17)30-20-13-9-8-12-19(20)26(31)32/h5-16H,4H2,1-3H3/t16-/m0/s1. The second kappa shape index (κ2) is 10.4. The molecule has 174 valence electrons. The normalized spacial score (nSPS) is 12.3. The molecule has 6 nitrogen and oxygen atoms in total. The predicted molar refractivity (Wildman–Crippen MR) is 141 cm³/mol. The molecule has 8 heteroatoms. The van der Waals surface area contributed by atoms with E-state index in [2.05, 4.69) is 21.0 Å². The maximum absolute atomic E-state index is 13.4. The van der Waals surface area contributed by atoms with Crippen LogP contribution in [0.4, 0.5) is 0 Å². The van der Waals surface area contributed by atoms with Crippen LogP contribution in [0, 0.1) is 0 Å². The first kappa shape index (κ1) is 24.0. The van der Waals surface area contributed by atoms with Crippen molar-refractivity contribution in [3.63, 3.8) is 0 Å². The predicted octanol–water partition coefficient (Wildman–Crippen LogP) is 6.55.